The summed E-state index contributed by atoms with van der Waals surface area (Å²) in [6, 6.07) is 0. The third-order valence-electron chi connectivity index (χ3n) is 4.08. The highest BCUT2D eigenvalue weighted by atomic mass is 35.5. The second-order valence-corrected chi connectivity index (χ2v) is 6.14. The zero-order valence-corrected chi connectivity index (χ0v) is 13.1. The molecule has 2 aliphatic rings. The van der Waals surface area contributed by atoms with E-state index >= 15 is 0 Å². The van der Waals surface area contributed by atoms with E-state index in [1.54, 1.807) is 12.2 Å². The average Bonchev–Trinajstić information content (AvgIpc) is 2.40. The number of hydrogen-bond donors (Lipinski definition) is 0. The van der Waals surface area contributed by atoms with E-state index < -0.39 is 0 Å². The molecule has 0 aromatic carbocycles. The van der Waals surface area contributed by atoms with Crippen molar-refractivity contribution >= 4 is 23.5 Å². The summed E-state index contributed by atoms with van der Waals surface area (Å²) in [4.78, 5) is 23.2. The Labute approximate surface area is 130 Å². The van der Waals surface area contributed by atoms with Crippen molar-refractivity contribution in [3.63, 3.8) is 0 Å². The lowest BCUT2D eigenvalue weighted by atomic mass is 9.79. The van der Waals surface area contributed by atoms with Gasteiger partial charge in [0.1, 0.15) is 0 Å². The number of carbonyl (C=O) groups excluding carboxylic acids is 2. The van der Waals surface area contributed by atoms with Gasteiger partial charge in [0.05, 0.1) is 30.4 Å². The number of methoxy groups -OCH3 is 1. The standard InChI is InChI=1S/C16H21ClO4/c1-10(21-16(19)13-8-9-14(13)17)4-3-5-11-6-7-12(11)15(18)20-2/h6-14H,3-5H2,1-2H3/t10-,11-,12-,13-,14+/m1/s1. The van der Waals surface area contributed by atoms with E-state index in [0.717, 1.165) is 19.3 Å². The largest absolute Gasteiger partial charge is 0.469 e. The van der Waals surface area contributed by atoms with E-state index in [1.807, 2.05) is 19.1 Å². The maximum atomic E-state index is 11.8. The van der Waals surface area contributed by atoms with E-state index in [1.165, 1.54) is 7.11 Å². The van der Waals surface area contributed by atoms with Gasteiger partial charge < -0.3 is 9.47 Å². The van der Waals surface area contributed by atoms with Gasteiger partial charge in [0, 0.05) is 0 Å². The van der Waals surface area contributed by atoms with Gasteiger partial charge in [-0.1, -0.05) is 24.3 Å². The molecule has 2 rings (SSSR count). The van der Waals surface area contributed by atoms with Gasteiger partial charge in [0.15, 0.2) is 0 Å². The van der Waals surface area contributed by atoms with Gasteiger partial charge in [-0.3, -0.25) is 9.59 Å². The molecule has 0 fully saturated rings. The second kappa shape index (κ2) is 7.12. The van der Waals surface area contributed by atoms with Crippen LogP contribution in [0.1, 0.15) is 26.2 Å². The molecule has 4 nitrogen and oxygen atoms in total. The molecule has 0 radical (unpaired) electrons. The molecule has 0 aromatic rings. The summed E-state index contributed by atoms with van der Waals surface area (Å²) in [5.74, 6) is -0.576. The molecule has 5 heteroatoms. The first kappa shape index (κ1) is 16.1. The lowest BCUT2D eigenvalue weighted by Gasteiger charge is -2.28. The van der Waals surface area contributed by atoms with E-state index in [0.29, 0.717) is 0 Å². The smallest absolute Gasteiger partial charge is 0.314 e. The number of halogens is 1. The molecule has 0 heterocycles. The predicted octanol–water partition coefficient (Wildman–Crippen LogP) is 2.86. The Balaban J connectivity index is 1.63. The molecule has 0 saturated heterocycles. The Bertz CT molecular complexity index is 457. The van der Waals surface area contributed by atoms with Crippen LogP contribution in [0.15, 0.2) is 24.3 Å². The van der Waals surface area contributed by atoms with Crippen LogP contribution in [0.4, 0.5) is 0 Å². The zero-order chi connectivity index (χ0) is 15.4. The minimum atomic E-state index is -0.299. The molecule has 0 aromatic heterocycles. The Morgan fingerprint density at radius 2 is 1.86 bits per heavy atom. The molecule has 0 N–H and O–H groups in total. The first-order valence-corrected chi connectivity index (χ1v) is 7.75. The van der Waals surface area contributed by atoms with Gasteiger partial charge in [-0.25, -0.2) is 0 Å². The number of rotatable bonds is 7. The van der Waals surface area contributed by atoms with Crippen molar-refractivity contribution in [3.05, 3.63) is 24.3 Å². The van der Waals surface area contributed by atoms with E-state index in [4.69, 9.17) is 21.1 Å². The Morgan fingerprint density at radius 1 is 1.14 bits per heavy atom. The Kier molecular flexibility index (Phi) is 5.45. The molecular formula is C16H21ClO4. The average molecular weight is 313 g/mol. The monoisotopic (exact) mass is 312 g/mol. The Hall–Kier alpha value is -1.29. The van der Waals surface area contributed by atoms with Crippen LogP contribution in [0.5, 0.6) is 0 Å². The summed E-state index contributed by atoms with van der Waals surface area (Å²) in [6.45, 7) is 1.89. The molecule has 5 atom stereocenters. The number of alkyl halides is 1. The highest BCUT2D eigenvalue weighted by molar-refractivity contribution is 6.24. The predicted molar refractivity (Wildman–Crippen MR) is 79.8 cm³/mol. The zero-order valence-electron chi connectivity index (χ0n) is 12.3. The van der Waals surface area contributed by atoms with Gasteiger partial charge >= 0.3 is 11.9 Å². The van der Waals surface area contributed by atoms with Crippen LogP contribution < -0.4 is 0 Å². The van der Waals surface area contributed by atoms with Crippen molar-refractivity contribution in [3.8, 4) is 0 Å². The quantitative estimate of drug-likeness (QED) is 0.412. The first-order chi connectivity index (χ1) is 10.0. The van der Waals surface area contributed by atoms with Crippen LogP contribution >= 0.6 is 11.6 Å². The summed E-state index contributed by atoms with van der Waals surface area (Å²) < 4.78 is 10.1. The molecule has 0 bridgehead atoms. The fraction of sp³-hybridized carbons (Fsp3) is 0.625. The third-order valence-corrected chi connectivity index (χ3v) is 4.50. The van der Waals surface area contributed by atoms with Gasteiger partial charge in [0.2, 0.25) is 0 Å². The van der Waals surface area contributed by atoms with Gasteiger partial charge in [-0.05, 0) is 32.1 Å². The number of carbonyl (C=O) groups is 2. The maximum Gasteiger partial charge on any atom is 0.314 e. The van der Waals surface area contributed by atoms with Crippen molar-refractivity contribution in [2.75, 3.05) is 7.11 Å². The maximum absolute atomic E-state index is 11.8. The molecular weight excluding hydrogens is 292 g/mol. The van der Waals surface area contributed by atoms with E-state index in [9.17, 15) is 9.59 Å². The van der Waals surface area contributed by atoms with Crippen LogP contribution in [0.3, 0.4) is 0 Å². The summed E-state index contributed by atoms with van der Waals surface area (Å²) in [6.07, 6.45) is 9.94. The van der Waals surface area contributed by atoms with Crippen molar-refractivity contribution < 1.29 is 19.1 Å². The number of ether oxygens (including phenoxy) is 2. The molecule has 0 unspecified atom stereocenters. The van der Waals surface area contributed by atoms with Crippen molar-refractivity contribution in [2.24, 2.45) is 17.8 Å². The second-order valence-electron chi connectivity index (χ2n) is 5.63. The lowest BCUT2D eigenvalue weighted by Crippen LogP contribution is -2.31. The van der Waals surface area contributed by atoms with Crippen molar-refractivity contribution in [1.82, 2.24) is 0 Å². The lowest BCUT2D eigenvalue weighted by molar-refractivity contribution is -0.152. The fourth-order valence-electron chi connectivity index (χ4n) is 2.54. The third kappa shape index (κ3) is 3.88. The normalized spacial score (nSPS) is 31.0. The van der Waals surface area contributed by atoms with Gasteiger partial charge in [-0.2, -0.15) is 0 Å². The number of allylic oxidation sites excluding steroid dienone is 2. The molecule has 0 amide bonds. The Morgan fingerprint density at radius 3 is 2.33 bits per heavy atom. The minimum absolute atomic E-state index is 0.107. The van der Waals surface area contributed by atoms with Crippen LogP contribution in [0, 0.1) is 17.8 Å². The van der Waals surface area contributed by atoms with E-state index in [2.05, 4.69) is 0 Å². The molecule has 2 aliphatic carbocycles. The summed E-state index contributed by atoms with van der Waals surface area (Å²) in [7, 11) is 1.41. The topological polar surface area (TPSA) is 52.6 Å². The minimum Gasteiger partial charge on any atom is -0.469 e. The molecule has 0 aliphatic heterocycles. The summed E-state index contributed by atoms with van der Waals surface area (Å²) in [5, 5.41) is -0.231. The number of esters is 2. The van der Waals surface area contributed by atoms with Crippen LogP contribution in [0.25, 0.3) is 0 Å². The van der Waals surface area contributed by atoms with E-state index in [-0.39, 0.29) is 41.2 Å². The van der Waals surface area contributed by atoms with Gasteiger partial charge in [0.25, 0.3) is 0 Å². The van der Waals surface area contributed by atoms with Gasteiger partial charge in [-0.15, -0.1) is 11.6 Å². The van der Waals surface area contributed by atoms with Crippen LogP contribution in [-0.4, -0.2) is 30.5 Å². The first-order valence-electron chi connectivity index (χ1n) is 7.32. The SMILES string of the molecule is COC(=O)[C@@H]1C=C[C@H]1CCC[C@@H](C)OC(=O)[C@@H]1C=C[C@@H]1Cl. The van der Waals surface area contributed by atoms with Crippen molar-refractivity contribution in [2.45, 2.75) is 37.7 Å². The van der Waals surface area contributed by atoms with Crippen LogP contribution in [0.2, 0.25) is 0 Å². The molecule has 21 heavy (non-hydrogen) atoms. The highest BCUT2D eigenvalue weighted by Gasteiger charge is 2.32. The highest BCUT2D eigenvalue weighted by Crippen LogP contribution is 2.31. The molecule has 116 valence electrons. The number of hydrogen-bond acceptors (Lipinski definition) is 4. The van der Waals surface area contributed by atoms with Crippen molar-refractivity contribution in [1.29, 1.82) is 0 Å². The summed E-state index contributed by atoms with van der Waals surface area (Å²) in [5.41, 5.74) is 0. The molecule has 0 spiro atoms. The fourth-order valence-corrected chi connectivity index (χ4v) is 2.81. The van der Waals surface area contributed by atoms with Crippen LogP contribution in [-0.2, 0) is 19.1 Å². The summed E-state index contributed by atoms with van der Waals surface area (Å²) >= 11 is 5.89. The molecule has 0 saturated carbocycles.